The lowest BCUT2D eigenvalue weighted by Crippen LogP contribution is -2.45. The zero-order chi connectivity index (χ0) is 14.5. The number of nitro groups is 1. The van der Waals surface area contributed by atoms with Crippen LogP contribution in [-0.4, -0.2) is 36.8 Å². The summed E-state index contributed by atoms with van der Waals surface area (Å²) in [5, 5.41) is 14.5. The molecule has 1 aromatic carbocycles. The molecule has 0 radical (unpaired) electrons. The molecule has 0 amide bonds. The second-order valence-corrected chi connectivity index (χ2v) is 5.14. The summed E-state index contributed by atoms with van der Waals surface area (Å²) in [5.74, 6) is 0. The van der Waals surface area contributed by atoms with Crippen molar-refractivity contribution in [3.8, 4) is 0 Å². The van der Waals surface area contributed by atoms with E-state index in [4.69, 9.17) is 21.1 Å². The predicted octanol–water partition coefficient (Wildman–Crippen LogP) is 2.14. The third-order valence-electron chi connectivity index (χ3n) is 3.07. The van der Waals surface area contributed by atoms with Crippen LogP contribution in [0, 0.1) is 10.1 Å². The van der Waals surface area contributed by atoms with E-state index in [1.165, 1.54) is 6.07 Å². The van der Waals surface area contributed by atoms with Gasteiger partial charge in [0.1, 0.15) is 0 Å². The standard InChI is InChI=1S/C13H17ClN2O4/c1-9-5-15-6-10(20-9)7-19-8-11-12(14)3-2-4-13(11)16(17)18/h2-4,9-10,15H,5-8H2,1H3. The number of morpholine rings is 1. The highest BCUT2D eigenvalue weighted by atomic mass is 35.5. The summed E-state index contributed by atoms with van der Waals surface area (Å²) in [4.78, 5) is 10.5. The van der Waals surface area contributed by atoms with Crippen molar-refractivity contribution in [3.05, 3.63) is 38.9 Å². The molecule has 2 atom stereocenters. The zero-order valence-corrected chi connectivity index (χ0v) is 11.9. The van der Waals surface area contributed by atoms with Gasteiger partial charge in [0.25, 0.3) is 5.69 Å². The van der Waals surface area contributed by atoms with Crippen LogP contribution in [0.15, 0.2) is 18.2 Å². The van der Waals surface area contributed by atoms with E-state index in [0.29, 0.717) is 17.2 Å². The molecule has 1 heterocycles. The average molecular weight is 301 g/mol. The molecule has 20 heavy (non-hydrogen) atoms. The van der Waals surface area contributed by atoms with E-state index in [9.17, 15) is 10.1 Å². The Bertz CT molecular complexity index is 483. The van der Waals surface area contributed by atoms with Gasteiger partial charge in [-0.15, -0.1) is 0 Å². The van der Waals surface area contributed by atoms with Gasteiger partial charge in [-0.3, -0.25) is 10.1 Å². The summed E-state index contributed by atoms with van der Waals surface area (Å²) < 4.78 is 11.2. The summed E-state index contributed by atoms with van der Waals surface area (Å²) >= 11 is 5.99. The van der Waals surface area contributed by atoms with Crippen LogP contribution < -0.4 is 5.32 Å². The molecule has 0 spiro atoms. The third-order valence-corrected chi connectivity index (χ3v) is 3.42. The summed E-state index contributed by atoms with van der Waals surface area (Å²) in [5.41, 5.74) is 0.379. The fraction of sp³-hybridized carbons (Fsp3) is 0.538. The number of nitrogens with zero attached hydrogens (tertiary/aromatic N) is 1. The van der Waals surface area contributed by atoms with Crippen molar-refractivity contribution in [2.75, 3.05) is 19.7 Å². The largest absolute Gasteiger partial charge is 0.374 e. The minimum atomic E-state index is -0.453. The first-order chi connectivity index (χ1) is 9.58. The normalized spacial score (nSPS) is 22.7. The van der Waals surface area contributed by atoms with E-state index in [2.05, 4.69) is 5.32 Å². The van der Waals surface area contributed by atoms with Crippen molar-refractivity contribution in [2.45, 2.75) is 25.7 Å². The highest BCUT2D eigenvalue weighted by Crippen LogP contribution is 2.26. The number of benzene rings is 1. The highest BCUT2D eigenvalue weighted by molar-refractivity contribution is 6.31. The minimum Gasteiger partial charge on any atom is -0.374 e. The molecule has 6 nitrogen and oxygen atoms in total. The number of halogens is 1. The molecule has 7 heteroatoms. The van der Waals surface area contributed by atoms with Gasteiger partial charge in [-0.2, -0.15) is 0 Å². The summed E-state index contributed by atoms with van der Waals surface area (Å²) in [6, 6.07) is 4.60. The van der Waals surface area contributed by atoms with Crippen LogP contribution in [0.2, 0.25) is 5.02 Å². The average Bonchev–Trinajstić information content (AvgIpc) is 2.40. The van der Waals surface area contributed by atoms with Crippen LogP contribution in [0.5, 0.6) is 0 Å². The van der Waals surface area contributed by atoms with E-state index in [-0.39, 0.29) is 24.5 Å². The molecule has 0 saturated carbocycles. The first-order valence-corrected chi connectivity index (χ1v) is 6.81. The van der Waals surface area contributed by atoms with Crippen LogP contribution in [0.3, 0.4) is 0 Å². The Labute approximate surface area is 122 Å². The molecule has 0 aliphatic carbocycles. The number of nitrogens with one attached hydrogen (secondary N) is 1. The molecular weight excluding hydrogens is 284 g/mol. The van der Waals surface area contributed by atoms with Gasteiger partial charge in [-0.05, 0) is 13.0 Å². The molecule has 1 N–H and O–H groups in total. The minimum absolute atomic E-state index is 0.0199. The molecule has 1 aliphatic heterocycles. The smallest absolute Gasteiger partial charge is 0.276 e. The number of hydrogen-bond donors (Lipinski definition) is 1. The van der Waals surface area contributed by atoms with E-state index in [0.717, 1.165) is 13.1 Å². The van der Waals surface area contributed by atoms with Crippen molar-refractivity contribution in [2.24, 2.45) is 0 Å². The lowest BCUT2D eigenvalue weighted by Gasteiger charge is -2.28. The van der Waals surface area contributed by atoms with Crippen LogP contribution in [0.25, 0.3) is 0 Å². The Hall–Kier alpha value is -1.21. The third kappa shape index (κ3) is 3.89. The van der Waals surface area contributed by atoms with Gasteiger partial charge in [-0.25, -0.2) is 0 Å². The Morgan fingerprint density at radius 1 is 1.55 bits per heavy atom. The first-order valence-electron chi connectivity index (χ1n) is 6.43. The van der Waals surface area contributed by atoms with Gasteiger partial charge in [0.15, 0.2) is 0 Å². The zero-order valence-electron chi connectivity index (χ0n) is 11.2. The van der Waals surface area contributed by atoms with Crippen LogP contribution >= 0.6 is 11.6 Å². The van der Waals surface area contributed by atoms with Crippen LogP contribution in [0.1, 0.15) is 12.5 Å². The Morgan fingerprint density at radius 2 is 2.35 bits per heavy atom. The SMILES string of the molecule is CC1CNCC(COCc2c(Cl)cccc2[N+](=O)[O-])O1. The predicted molar refractivity (Wildman–Crippen MR) is 75.0 cm³/mol. The van der Waals surface area contributed by atoms with Crippen molar-refractivity contribution in [3.63, 3.8) is 0 Å². The van der Waals surface area contributed by atoms with Gasteiger partial charge in [-0.1, -0.05) is 17.7 Å². The molecule has 2 rings (SSSR count). The number of hydrogen-bond acceptors (Lipinski definition) is 5. The van der Waals surface area contributed by atoms with Gasteiger partial charge in [0.05, 0.1) is 40.9 Å². The maximum atomic E-state index is 10.9. The molecule has 1 aliphatic rings. The van der Waals surface area contributed by atoms with E-state index in [1.807, 2.05) is 6.92 Å². The van der Waals surface area contributed by atoms with Crippen molar-refractivity contribution >= 4 is 17.3 Å². The molecule has 0 aromatic heterocycles. The monoisotopic (exact) mass is 300 g/mol. The van der Waals surface area contributed by atoms with Gasteiger partial charge in [0, 0.05) is 19.2 Å². The highest BCUT2D eigenvalue weighted by Gasteiger charge is 2.20. The van der Waals surface area contributed by atoms with Crippen molar-refractivity contribution < 1.29 is 14.4 Å². The molecule has 0 bridgehead atoms. The Kier molecular flexibility index (Phi) is 5.31. The lowest BCUT2D eigenvalue weighted by atomic mass is 10.2. The Morgan fingerprint density at radius 3 is 3.05 bits per heavy atom. The van der Waals surface area contributed by atoms with Gasteiger partial charge >= 0.3 is 0 Å². The quantitative estimate of drug-likeness (QED) is 0.666. The maximum absolute atomic E-state index is 10.9. The number of nitro benzene ring substituents is 1. The molecular formula is C13H17ClN2O4. The number of rotatable bonds is 5. The van der Waals surface area contributed by atoms with E-state index >= 15 is 0 Å². The van der Waals surface area contributed by atoms with E-state index in [1.54, 1.807) is 12.1 Å². The molecule has 1 fully saturated rings. The van der Waals surface area contributed by atoms with Crippen molar-refractivity contribution in [1.29, 1.82) is 0 Å². The van der Waals surface area contributed by atoms with Gasteiger partial charge < -0.3 is 14.8 Å². The van der Waals surface area contributed by atoms with Gasteiger partial charge in [0.2, 0.25) is 0 Å². The van der Waals surface area contributed by atoms with Crippen molar-refractivity contribution in [1.82, 2.24) is 5.32 Å². The Balaban J connectivity index is 1.92. The molecule has 1 aromatic rings. The topological polar surface area (TPSA) is 73.6 Å². The molecule has 1 saturated heterocycles. The van der Waals surface area contributed by atoms with Crippen LogP contribution in [-0.2, 0) is 16.1 Å². The summed E-state index contributed by atoms with van der Waals surface area (Å²) in [6.07, 6.45) is 0.104. The molecule has 2 unspecified atom stereocenters. The first kappa shape index (κ1) is 15.2. The van der Waals surface area contributed by atoms with E-state index < -0.39 is 4.92 Å². The lowest BCUT2D eigenvalue weighted by molar-refractivity contribution is -0.386. The fourth-order valence-corrected chi connectivity index (χ4v) is 2.35. The fourth-order valence-electron chi connectivity index (χ4n) is 2.12. The summed E-state index contributed by atoms with van der Waals surface area (Å²) in [6.45, 7) is 4.00. The summed E-state index contributed by atoms with van der Waals surface area (Å²) in [7, 11) is 0. The second kappa shape index (κ2) is 6.99. The van der Waals surface area contributed by atoms with Crippen LogP contribution in [0.4, 0.5) is 5.69 Å². The maximum Gasteiger partial charge on any atom is 0.276 e. The second-order valence-electron chi connectivity index (χ2n) is 4.74. The number of ether oxygens (including phenoxy) is 2. The molecule has 110 valence electrons.